The van der Waals surface area contributed by atoms with Crippen molar-refractivity contribution < 1.29 is 9.90 Å². The minimum Gasteiger partial charge on any atom is -0.480 e. The van der Waals surface area contributed by atoms with Crippen LogP contribution >= 0.6 is 0 Å². The first kappa shape index (κ1) is 20.8. The molecule has 1 unspecified atom stereocenters. The lowest BCUT2D eigenvalue weighted by molar-refractivity contribution is -0.138. The molecule has 3 aromatic carbocycles. The summed E-state index contributed by atoms with van der Waals surface area (Å²) in [6.07, 6.45) is 1.09. The topological polar surface area (TPSA) is 75.3 Å². The van der Waals surface area contributed by atoms with Gasteiger partial charge >= 0.3 is 5.97 Å². The molecule has 0 fully saturated rings. The van der Waals surface area contributed by atoms with Crippen LogP contribution in [-0.4, -0.2) is 23.7 Å². The van der Waals surface area contributed by atoms with Crippen molar-refractivity contribution in [2.75, 3.05) is 6.54 Å². The van der Waals surface area contributed by atoms with Gasteiger partial charge in [0, 0.05) is 0 Å². The Labute approximate surface area is 172 Å². The van der Waals surface area contributed by atoms with Gasteiger partial charge in [-0.15, -0.1) is 0 Å². The average molecular weight is 389 g/mol. The second-order valence-electron chi connectivity index (χ2n) is 7.36. The Bertz CT molecular complexity index is 869. The molecule has 0 saturated heterocycles. The van der Waals surface area contributed by atoms with Crippen LogP contribution in [-0.2, 0) is 10.3 Å². The van der Waals surface area contributed by atoms with E-state index in [-0.39, 0.29) is 0 Å². The highest BCUT2D eigenvalue weighted by Crippen LogP contribution is 2.36. The van der Waals surface area contributed by atoms with Crippen LogP contribution in [0.4, 0.5) is 0 Å². The summed E-state index contributed by atoms with van der Waals surface area (Å²) in [6, 6.07) is 28.4. The number of rotatable bonds is 9. The predicted molar refractivity (Wildman–Crippen MR) is 117 cm³/mol. The van der Waals surface area contributed by atoms with E-state index in [4.69, 9.17) is 10.8 Å². The maximum atomic E-state index is 11.0. The predicted octanol–water partition coefficient (Wildman–Crippen LogP) is 4.07. The maximum absolute atomic E-state index is 11.0. The average Bonchev–Trinajstić information content (AvgIpc) is 2.76. The molecular formula is C25H28N2O2. The highest BCUT2D eigenvalue weighted by molar-refractivity contribution is 5.72. The smallest absolute Gasteiger partial charge is 0.320 e. The van der Waals surface area contributed by atoms with E-state index in [0.29, 0.717) is 19.4 Å². The van der Waals surface area contributed by atoms with E-state index in [0.717, 1.165) is 16.7 Å². The summed E-state index contributed by atoms with van der Waals surface area (Å²) in [5, 5.41) is 12.8. The summed E-state index contributed by atoms with van der Waals surface area (Å²) < 4.78 is 0. The second-order valence-corrected chi connectivity index (χ2v) is 7.36. The molecule has 0 aliphatic carbocycles. The lowest BCUT2D eigenvalue weighted by atomic mass is 9.76. The zero-order chi connectivity index (χ0) is 20.7. The van der Waals surface area contributed by atoms with Crippen molar-refractivity contribution in [2.24, 2.45) is 5.73 Å². The van der Waals surface area contributed by atoms with Crippen molar-refractivity contribution in [3.63, 3.8) is 0 Å². The number of aryl methyl sites for hydroxylation is 1. The van der Waals surface area contributed by atoms with Crippen molar-refractivity contribution in [3.8, 4) is 0 Å². The number of carbonyl (C=O) groups is 1. The molecule has 4 N–H and O–H groups in total. The molecule has 0 saturated carbocycles. The first-order valence-electron chi connectivity index (χ1n) is 9.95. The number of nitrogens with one attached hydrogen (secondary N) is 1. The first-order chi connectivity index (χ1) is 14.0. The van der Waals surface area contributed by atoms with E-state index >= 15 is 0 Å². The van der Waals surface area contributed by atoms with Crippen LogP contribution in [0.5, 0.6) is 0 Å². The summed E-state index contributed by atoms with van der Waals surface area (Å²) in [7, 11) is 0. The van der Waals surface area contributed by atoms with Gasteiger partial charge in [0.1, 0.15) is 6.04 Å². The zero-order valence-corrected chi connectivity index (χ0v) is 16.7. The Kier molecular flexibility index (Phi) is 6.81. The van der Waals surface area contributed by atoms with Crippen LogP contribution in [0.3, 0.4) is 0 Å². The fourth-order valence-electron chi connectivity index (χ4n) is 3.71. The van der Waals surface area contributed by atoms with Gasteiger partial charge in [0.2, 0.25) is 0 Å². The van der Waals surface area contributed by atoms with Gasteiger partial charge in [-0.1, -0.05) is 90.5 Å². The van der Waals surface area contributed by atoms with Crippen molar-refractivity contribution >= 4 is 5.97 Å². The lowest BCUT2D eigenvalue weighted by Gasteiger charge is -2.37. The molecule has 0 amide bonds. The van der Waals surface area contributed by atoms with Gasteiger partial charge in [0.15, 0.2) is 0 Å². The van der Waals surface area contributed by atoms with Gasteiger partial charge in [-0.05, 0) is 43.0 Å². The number of nitrogens with two attached hydrogens (primary N) is 1. The van der Waals surface area contributed by atoms with Crippen LogP contribution in [0, 0.1) is 6.92 Å². The molecule has 150 valence electrons. The summed E-state index contributed by atoms with van der Waals surface area (Å²) in [5.74, 6) is -0.957. The molecule has 0 aliphatic rings. The van der Waals surface area contributed by atoms with Crippen molar-refractivity contribution in [3.05, 3.63) is 107 Å². The first-order valence-corrected chi connectivity index (χ1v) is 9.95. The van der Waals surface area contributed by atoms with Crippen molar-refractivity contribution in [1.29, 1.82) is 0 Å². The number of hydrogen-bond acceptors (Lipinski definition) is 3. The summed E-state index contributed by atoms with van der Waals surface area (Å²) in [6.45, 7) is 2.72. The highest BCUT2D eigenvalue weighted by Gasteiger charge is 2.35. The van der Waals surface area contributed by atoms with Gasteiger partial charge in [-0.2, -0.15) is 0 Å². The van der Waals surface area contributed by atoms with Gasteiger partial charge < -0.3 is 10.8 Å². The Hall–Kier alpha value is -2.95. The van der Waals surface area contributed by atoms with E-state index in [9.17, 15) is 4.79 Å². The molecule has 0 aliphatic heterocycles. The third-order valence-electron chi connectivity index (χ3n) is 5.30. The number of aliphatic carboxylic acids is 1. The Morgan fingerprint density at radius 1 is 0.897 bits per heavy atom. The zero-order valence-electron chi connectivity index (χ0n) is 16.7. The maximum Gasteiger partial charge on any atom is 0.320 e. The molecule has 3 aromatic rings. The Morgan fingerprint density at radius 2 is 1.38 bits per heavy atom. The van der Waals surface area contributed by atoms with Crippen LogP contribution in [0.1, 0.15) is 35.1 Å². The summed E-state index contributed by atoms with van der Waals surface area (Å²) in [5.41, 5.74) is 9.77. The van der Waals surface area contributed by atoms with E-state index in [1.165, 1.54) is 5.56 Å². The number of carboxylic acid groups (broad SMARTS) is 1. The van der Waals surface area contributed by atoms with E-state index in [2.05, 4.69) is 60.8 Å². The van der Waals surface area contributed by atoms with Crippen LogP contribution in [0.2, 0.25) is 0 Å². The van der Waals surface area contributed by atoms with E-state index in [1.807, 2.05) is 36.4 Å². The van der Waals surface area contributed by atoms with Crippen molar-refractivity contribution in [2.45, 2.75) is 31.3 Å². The molecule has 0 radical (unpaired) electrons. The fourth-order valence-corrected chi connectivity index (χ4v) is 3.71. The fraction of sp³-hybridized carbons (Fsp3) is 0.240. The third-order valence-corrected chi connectivity index (χ3v) is 5.30. The van der Waals surface area contributed by atoms with E-state index < -0.39 is 17.6 Å². The summed E-state index contributed by atoms with van der Waals surface area (Å²) >= 11 is 0. The Morgan fingerprint density at radius 3 is 1.86 bits per heavy atom. The largest absolute Gasteiger partial charge is 0.480 e. The number of carboxylic acids is 1. The third kappa shape index (κ3) is 4.73. The molecule has 0 aromatic heterocycles. The standard InChI is InChI=1S/C25H28N2O2/c1-19-14-16-22(17-15-19)25(20-9-4-2-5-10-20,21-11-6-3-7-12-21)27-18-8-13-23(26)24(28)29/h2-7,9-12,14-17,23,27H,8,13,18,26H2,1H3,(H,28,29). The molecule has 0 spiro atoms. The molecular weight excluding hydrogens is 360 g/mol. The summed E-state index contributed by atoms with van der Waals surface area (Å²) in [4.78, 5) is 11.0. The number of benzene rings is 3. The molecule has 4 heteroatoms. The van der Waals surface area contributed by atoms with Crippen LogP contribution in [0.15, 0.2) is 84.9 Å². The van der Waals surface area contributed by atoms with Gasteiger partial charge in [0.05, 0.1) is 5.54 Å². The highest BCUT2D eigenvalue weighted by atomic mass is 16.4. The quantitative estimate of drug-likeness (QED) is 0.382. The monoisotopic (exact) mass is 388 g/mol. The second kappa shape index (κ2) is 9.50. The molecule has 0 heterocycles. The molecule has 29 heavy (non-hydrogen) atoms. The lowest BCUT2D eigenvalue weighted by Crippen LogP contribution is -2.45. The van der Waals surface area contributed by atoms with Gasteiger partial charge in [0.25, 0.3) is 0 Å². The van der Waals surface area contributed by atoms with E-state index in [1.54, 1.807) is 0 Å². The van der Waals surface area contributed by atoms with Crippen LogP contribution in [0.25, 0.3) is 0 Å². The van der Waals surface area contributed by atoms with Crippen molar-refractivity contribution in [1.82, 2.24) is 5.32 Å². The van der Waals surface area contributed by atoms with Gasteiger partial charge in [-0.3, -0.25) is 10.1 Å². The SMILES string of the molecule is Cc1ccc(C(NCCCC(N)C(=O)O)(c2ccccc2)c2ccccc2)cc1. The Balaban J connectivity index is 2.03. The van der Waals surface area contributed by atoms with Crippen LogP contribution < -0.4 is 11.1 Å². The minimum atomic E-state index is -0.957. The number of hydrogen-bond donors (Lipinski definition) is 3. The molecule has 0 bridgehead atoms. The molecule has 1 atom stereocenters. The minimum absolute atomic E-state index is 0.426. The molecule has 4 nitrogen and oxygen atoms in total. The normalized spacial score (nSPS) is 12.5. The molecule has 3 rings (SSSR count). The van der Waals surface area contributed by atoms with Gasteiger partial charge in [-0.25, -0.2) is 0 Å².